The molecular formula is C28H33N3O5. The quantitative estimate of drug-likeness (QED) is 0.293. The first-order valence-corrected chi connectivity index (χ1v) is 12.4. The fourth-order valence-electron chi connectivity index (χ4n) is 5.12. The summed E-state index contributed by atoms with van der Waals surface area (Å²) in [5.74, 6) is -0.225. The lowest BCUT2D eigenvalue weighted by Gasteiger charge is -2.32. The first kappa shape index (κ1) is 24.2. The number of phenolic OH excluding ortho intramolecular Hbond substituents is 2. The van der Waals surface area contributed by atoms with Crippen LogP contribution in [-0.4, -0.2) is 77.2 Å². The maximum absolute atomic E-state index is 13.0. The van der Waals surface area contributed by atoms with Crippen LogP contribution in [0.15, 0.2) is 36.1 Å². The molecule has 190 valence electrons. The Balaban J connectivity index is 1.41. The molecule has 2 aromatic carbocycles. The number of aromatic nitrogens is 1. The van der Waals surface area contributed by atoms with Crippen LogP contribution < -0.4 is 9.47 Å². The fourth-order valence-corrected chi connectivity index (χ4v) is 5.12. The number of carbonyl (C=O) groups is 1. The summed E-state index contributed by atoms with van der Waals surface area (Å²) < 4.78 is 13.5. The monoisotopic (exact) mass is 491 g/mol. The van der Waals surface area contributed by atoms with Crippen LogP contribution in [0.25, 0.3) is 17.0 Å². The third kappa shape index (κ3) is 4.42. The van der Waals surface area contributed by atoms with E-state index in [4.69, 9.17) is 9.47 Å². The van der Waals surface area contributed by atoms with Crippen LogP contribution in [0, 0.1) is 6.92 Å². The van der Waals surface area contributed by atoms with E-state index in [1.165, 1.54) is 12.1 Å². The molecule has 36 heavy (non-hydrogen) atoms. The highest BCUT2D eigenvalue weighted by Gasteiger charge is 2.32. The molecule has 2 aliphatic heterocycles. The van der Waals surface area contributed by atoms with Crippen molar-refractivity contribution in [3.05, 3.63) is 52.9 Å². The largest absolute Gasteiger partial charge is 0.504 e. The van der Waals surface area contributed by atoms with E-state index in [1.807, 2.05) is 12.1 Å². The summed E-state index contributed by atoms with van der Waals surface area (Å²) in [6.45, 7) is 8.54. The molecule has 3 aromatic rings. The molecule has 3 heterocycles. The van der Waals surface area contributed by atoms with Crippen molar-refractivity contribution in [3.8, 4) is 23.0 Å². The van der Waals surface area contributed by atoms with Gasteiger partial charge in [0.15, 0.2) is 17.3 Å². The molecule has 0 aliphatic carbocycles. The number of aromatic hydroxyl groups is 2. The second-order valence-electron chi connectivity index (χ2n) is 9.64. The Hall–Kier alpha value is -3.49. The Morgan fingerprint density at radius 1 is 1.06 bits per heavy atom. The van der Waals surface area contributed by atoms with E-state index < -0.39 is 5.75 Å². The van der Waals surface area contributed by atoms with Gasteiger partial charge in [-0.1, -0.05) is 0 Å². The molecule has 0 bridgehead atoms. The molecule has 0 radical (unpaired) electrons. The van der Waals surface area contributed by atoms with Gasteiger partial charge < -0.3 is 34.1 Å². The average molecular weight is 492 g/mol. The molecule has 0 spiro atoms. The van der Waals surface area contributed by atoms with Crippen molar-refractivity contribution in [3.63, 3.8) is 0 Å². The van der Waals surface area contributed by atoms with Crippen LogP contribution in [0.5, 0.6) is 23.0 Å². The Morgan fingerprint density at radius 2 is 1.81 bits per heavy atom. The van der Waals surface area contributed by atoms with Gasteiger partial charge in [-0.15, -0.1) is 0 Å². The summed E-state index contributed by atoms with van der Waals surface area (Å²) in [7, 11) is 3.81. The second-order valence-corrected chi connectivity index (χ2v) is 9.64. The van der Waals surface area contributed by atoms with Crippen LogP contribution in [-0.2, 0) is 6.54 Å². The van der Waals surface area contributed by atoms with E-state index in [0.29, 0.717) is 0 Å². The van der Waals surface area contributed by atoms with E-state index in [2.05, 4.69) is 34.4 Å². The van der Waals surface area contributed by atoms with Gasteiger partial charge in [0.25, 0.3) is 0 Å². The second kappa shape index (κ2) is 9.87. The van der Waals surface area contributed by atoms with Crippen molar-refractivity contribution >= 4 is 22.8 Å². The first-order valence-electron chi connectivity index (χ1n) is 12.4. The van der Waals surface area contributed by atoms with Gasteiger partial charge >= 0.3 is 0 Å². The van der Waals surface area contributed by atoms with Gasteiger partial charge in [0.1, 0.15) is 5.75 Å². The average Bonchev–Trinajstić information content (AvgIpc) is 3.34. The fraction of sp³-hybridized carbons (Fsp3) is 0.393. The van der Waals surface area contributed by atoms with Crippen molar-refractivity contribution in [1.29, 1.82) is 0 Å². The molecule has 0 amide bonds. The minimum atomic E-state index is -0.426. The number of methoxy groups -OCH3 is 1. The van der Waals surface area contributed by atoms with Crippen LogP contribution in [0.2, 0.25) is 0 Å². The predicted molar refractivity (Wildman–Crippen MR) is 139 cm³/mol. The van der Waals surface area contributed by atoms with Crippen molar-refractivity contribution in [1.82, 2.24) is 14.4 Å². The molecule has 8 heteroatoms. The SMILES string of the molecule is COc1ccc2c(c1)c(/C=C1\Oc3c(ccc(O)c3O)C1=O)c(C)n2CCCCN1CCN(C)CC1. The Kier molecular flexibility index (Phi) is 6.64. The number of fused-ring (bicyclic) bond motifs is 2. The Bertz CT molecular complexity index is 1330. The standard InChI is InChI=1S/C28H33N3O5/c1-18-21(17-25-26(33)20-7-9-24(32)27(34)28(20)36-25)22-16-19(35-3)6-8-23(22)31(18)11-5-4-10-30-14-12-29(2)13-15-30/h6-9,16-17,32,34H,4-5,10-15H2,1-3H3/b25-17-. The first-order chi connectivity index (χ1) is 17.4. The minimum Gasteiger partial charge on any atom is -0.504 e. The maximum Gasteiger partial charge on any atom is 0.232 e. The normalized spacial score (nSPS) is 17.6. The summed E-state index contributed by atoms with van der Waals surface area (Å²) in [6, 6.07) is 8.74. The number of piperazine rings is 1. The van der Waals surface area contributed by atoms with E-state index in [9.17, 15) is 15.0 Å². The zero-order valence-electron chi connectivity index (χ0n) is 21.1. The topological polar surface area (TPSA) is 87.4 Å². The van der Waals surface area contributed by atoms with Gasteiger partial charge in [-0.25, -0.2) is 0 Å². The van der Waals surface area contributed by atoms with Gasteiger partial charge in [0, 0.05) is 54.9 Å². The number of likely N-dealkylation sites (N-methyl/N-ethyl adjacent to an activating group) is 1. The number of ether oxygens (including phenoxy) is 2. The number of phenols is 2. The van der Waals surface area contributed by atoms with E-state index >= 15 is 0 Å². The molecule has 0 unspecified atom stereocenters. The molecule has 8 nitrogen and oxygen atoms in total. The minimum absolute atomic E-state index is 0.00544. The summed E-state index contributed by atoms with van der Waals surface area (Å²) >= 11 is 0. The number of ketones is 1. The van der Waals surface area contributed by atoms with Gasteiger partial charge in [0.2, 0.25) is 11.5 Å². The lowest BCUT2D eigenvalue weighted by molar-refractivity contribution is 0.101. The third-order valence-electron chi connectivity index (χ3n) is 7.35. The number of carbonyl (C=O) groups excluding carboxylic acids is 1. The van der Waals surface area contributed by atoms with Crippen LogP contribution >= 0.6 is 0 Å². The van der Waals surface area contributed by atoms with Crippen molar-refractivity contribution in [2.45, 2.75) is 26.3 Å². The van der Waals surface area contributed by atoms with E-state index in [-0.39, 0.29) is 28.6 Å². The lowest BCUT2D eigenvalue weighted by atomic mass is 10.1. The molecule has 2 N–H and O–H groups in total. The van der Waals surface area contributed by atoms with Crippen LogP contribution in [0.1, 0.15) is 34.5 Å². The zero-order chi connectivity index (χ0) is 25.4. The molecule has 1 fully saturated rings. The summed E-state index contributed by atoms with van der Waals surface area (Å²) in [5, 5.41) is 20.9. The number of rotatable bonds is 7. The van der Waals surface area contributed by atoms with Gasteiger partial charge in [0.05, 0.1) is 12.7 Å². The number of Topliss-reactive ketones (excluding diaryl/α,β-unsaturated/α-hetero) is 1. The lowest BCUT2D eigenvalue weighted by Crippen LogP contribution is -2.44. The molecule has 0 saturated carbocycles. The number of aryl methyl sites for hydroxylation is 1. The van der Waals surface area contributed by atoms with E-state index in [0.717, 1.165) is 80.0 Å². The number of benzene rings is 2. The summed E-state index contributed by atoms with van der Waals surface area (Å²) in [4.78, 5) is 17.9. The number of hydrogen-bond donors (Lipinski definition) is 2. The highest BCUT2D eigenvalue weighted by Crippen LogP contribution is 2.44. The van der Waals surface area contributed by atoms with Gasteiger partial charge in [-0.3, -0.25) is 4.79 Å². The zero-order valence-corrected chi connectivity index (χ0v) is 21.1. The Labute approximate surface area is 210 Å². The number of unbranched alkanes of at least 4 members (excludes halogenated alkanes) is 1. The highest BCUT2D eigenvalue weighted by molar-refractivity contribution is 6.16. The smallest absolute Gasteiger partial charge is 0.232 e. The van der Waals surface area contributed by atoms with Gasteiger partial charge in [-0.2, -0.15) is 0 Å². The maximum atomic E-state index is 13.0. The van der Waals surface area contributed by atoms with Gasteiger partial charge in [-0.05, 0) is 69.8 Å². The van der Waals surface area contributed by atoms with Crippen molar-refractivity contribution < 1.29 is 24.5 Å². The summed E-state index contributed by atoms with van der Waals surface area (Å²) in [5.41, 5.74) is 3.22. The van der Waals surface area contributed by atoms with Crippen LogP contribution in [0.4, 0.5) is 0 Å². The number of hydrogen-bond acceptors (Lipinski definition) is 7. The van der Waals surface area contributed by atoms with Crippen LogP contribution in [0.3, 0.4) is 0 Å². The molecule has 2 aliphatic rings. The summed E-state index contributed by atoms with van der Waals surface area (Å²) in [6.07, 6.45) is 3.90. The Morgan fingerprint density at radius 3 is 2.56 bits per heavy atom. The molecular weight excluding hydrogens is 458 g/mol. The predicted octanol–water partition coefficient (Wildman–Crippen LogP) is 4.01. The third-order valence-corrected chi connectivity index (χ3v) is 7.35. The van der Waals surface area contributed by atoms with Crippen molar-refractivity contribution in [2.24, 2.45) is 0 Å². The highest BCUT2D eigenvalue weighted by atomic mass is 16.5. The molecule has 1 aromatic heterocycles. The molecule has 5 rings (SSSR count). The molecule has 1 saturated heterocycles. The number of nitrogens with zero attached hydrogens (tertiary/aromatic N) is 3. The molecule has 0 atom stereocenters. The van der Waals surface area contributed by atoms with E-state index in [1.54, 1.807) is 13.2 Å². The number of allylic oxidation sites excluding steroid dienone is 1. The van der Waals surface area contributed by atoms with Crippen molar-refractivity contribution in [2.75, 3.05) is 46.9 Å².